The lowest BCUT2D eigenvalue weighted by atomic mass is 9.83. The van der Waals surface area contributed by atoms with E-state index in [1.807, 2.05) is 12.3 Å². The number of esters is 1. The molecule has 1 aromatic carbocycles. The van der Waals surface area contributed by atoms with Crippen molar-refractivity contribution in [3.05, 3.63) is 57.7 Å². The monoisotopic (exact) mass is 909 g/mol. The lowest BCUT2D eigenvalue weighted by Crippen LogP contribution is -2.61. The van der Waals surface area contributed by atoms with E-state index in [0.29, 0.717) is 55.9 Å². The lowest BCUT2D eigenvalue weighted by molar-refractivity contribution is -0.156. The molecule has 9 rings (SSSR count). The molecule has 3 saturated heterocycles. The van der Waals surface area contributed by atoms with Crippen LogP contribution in [0.25, 0.3) is 33.4 Å². The van der Waals surface area contributed by atoms with Crippen LogP contribution in [0.5, 0.6) is 0 Å². The predicted molar refractivity (Wildman–Crippen MR) is 250 cm³/mol. The average Bonchev–Trinajstić information content (AvgIpc) is 3.57. The Bertz CT molecular complexity index is 2390. The summed E-state index contributed by atoms with van der Waals surface area (Å²) in [4.78, 5) is 55.4. The molecule has 350 valence electrons. The van der Waals surface area contributed by atoms with Gasteiger partial charge in [0.25, 0.3) is 5.91 Å². The number of rotatable bonds is 10. The third-order valence-corrected chi connectivity index (χ3v) is 15.9. The Morgan fingerprint density at radius 1 is 1.08 bits per heavy atom. The van der Waals surface area contributed by atoms with Crippen LogP contribution < -0.4 is 10.7 Å². The number of aromatic nitrogens is 3. The first-order valence-corrected chi connectivity index (χ1v) is 24.8. The van der Waals surface area contributed by atoms with E-state index in [4.69, 9.17) is 28.9 Å². The fourth-order valence-corrected chi connectivity index (χ4v) is 11.6. The fourth-order valence-electron chi connectivity index (χ4n) is 10.6. The highest BCUT2D eigenvalue weighted by atomic mass is 32.1. The summed E-state index contributed by atoms with van der Waals surface area (Å²) in [5.41, 5.74) is 10.9. The molecule has 1 saturated carbocycles. The van der Waals surface area contributed by atoms with Crippen molar-refractivity contribution in [1.82, 2.24) is 35.2 Å². The first kappa shape index (κ1) is 45.9. The molecule has 65 heavy (non-hydrogen) atoms. The highest BCUT2D eigenvalue weighted by molar-refractivity contribution is 7.10. The second-order valence-corrected chi connectivity index (χ2v) is 20.7. The van der Waals surface area contributed by atoms with Crippen molar-refractivity contribution in [3.63, 3.8) is 0 Å². The summed E-state index contributed by atoms with van der Waals surface area (Å²) in [7, 11) is 1.74. The predicted octanol–water partition coefficient (Wildman–Crippen LogP) is 7.22. The minimum atomic E-state index is -1.07. The number of pyridine rings is 1. The van der Waals surface area contributed by atoms with Crippen LogP contribution in [0.4, 0.5) is 0 Å². The molecule has 1 aliphatic carbocycles. The Morgan fingerprint density at radius 2 is 1.85 bits per heavy atom. The number of aryl methyl sites for hydroxylation is 1. The molecular formula is C50H67N7O7S. The standard InChI is InChI=1S/C50H67N7O7S/c1-9-56-40-14-13-32-20-35(40)37(44(56)36-21-33(23-51-42(36)30(5)61-8)31-15-18-55(19-16-31)34-24-62-25-34)22-50(6,7)27-64-49(60)38-12-11-17-57(54-38)48(59)43(53-46(58)41-28(3)29(41)4)45(63-10-2)47-52-39(32)26-65-47/h13-14,20-21,23,26,28-31,34,38,41,43,45,54H,9-12,15-19,22,24-25,27H2,1-8H3,(H,53,58)/t28-,29+,30-,38-,41+,43-,45-/m0/s1. The van der Waals surface area contributed by atoms with Gasteiger partial charge in [-0.15, -0.1) is 11.3 Å². The van der Waals surface area contributed by atoms with Gasteiger partial charge >= 0.3 is 5.97 Å². The van der Waals surface area contributed by atoms with Crippen LogP contribution in [0.3, 0.4) is 0 Å². The van der Waals surface area contributed by atoms with Crippen LogP contribution in [0.1, 0.15) is 114 Å². The molecule has 15 heteroatoms. The van der Waals surface area contributed by atoms with Crippen LogP contribution in [-0.4, -0.2) is 114 Å². The fraction of sp³-hybridized carbons (Fsp3) is 0.620. The maximum Gasteiger partial charge on any atom is 0.324 e. The molecule has 0 unspecified atom stereocenters. The number of amides is 2. The molecule has 0 radical (unpaired) electrons. The van der Waals surface area contributed by atoms with Gasteiger partial charge in [-0.25, -0.2) is 10.4 Å². The molecule has 5 aliphatic rings. The van der Waals surface area contributed by atoms with Crippen molar-refractivity contribution in [2.24, 2.45) is 23.2 Å². The van der Waals surface area contributed by atoms with E-state index in [-0.39, 0.29) is 42.3 Å². The summed E-state index contributed by atoms with van der Waals surface area (Å²) in [5.74, 6) is -0.336. The van der Waals surface area contributed by atoms with Crippen molar-refractivity contribution >= 4 is 40.0 Å². The molecular weight excluding hydrogens is 843 g/mol. The number of hydrogen-bond donors (Lipinski definition) is 2. The number of likely N-dealkylation sites (tertiary alicyclic amines) is 1. The molecule has 4 aliphatic heterocycles. The third kappa shape index (κ3) is 9.01. The molecule has 2 N–H and O–H groups in total. The number of nitrogens with zero attached hydrogens (tertiary/aromatic N) is 5. The van der Waals surface area contributed by atoms with Gasteiger partial charge in [0.1, 0.15) is 23.2 Å². The molecule has 2 amide bonds. The number of piperidine rings is 1. The molecule has 6 bridgehead atoms. The van der Waals surface area contributed by atoms with Gasteiger partial charge in [-0.2, -0.15) is 0 Å². The number of benzene rings is 1. The molecule has 3 aromatic heterocycles. The van der Waals surface area contributed by atoms with Crippen LogP contribution >= 0.6 is 11.3 Å². The number of cyclic esters (lactones) is 1. The average molecular weight is 910 g/mol. The van der Waals surface area contributed by atoms with Crippen LogP contribution in [-0.2, 0) is 46.3 Å². The normalized spacial score (nSPS) is 27.2. The summed E-state index contributed by atoms with van der Waals surface area (Å²) in [6.45, 7) is 19.8. The van der Waals surface area contributed by atoms with E-state index in [0.717, 1.165) is 83.8 Å². The second-order valence-electron chi connectivity index (χ2n) is 19.8. The number of fused-ring (bicyclic) bond motifs is 6. The van der Waals surface area contributed by atoms with Gasteiger partial charge in [-0.1, -0.05) is 33.8 Å². The highest BCUT2D eigenvalue weighted by Crippen LogP contribution is 2.46. The maximum atomic E-state index is 14.6. The van der Waals surface area contributed by atoms with Gasteiger partial charge in [0, 0.05) is 71.7 Å². The number of thiazole rings is 1. The first-order chi connectivity index (χ1) is 31.3. The lowest BCUT2D eigenvalue weighted by Gasteiger charge is -2.41. The Kier molecular flexibility index (Phi) is 13.3. The van der Waals surface area contributed by atoms with Crippen LogP contribution in [0, 0.1) is 23.2 Å². The van der Waals surface area contributed by atoms with Crippen molar-refractivity contribution < 1.29 is 33.3 Å². The summed E-state index contributed by atoms with van der Waals surface area (Å²) in [6, 6.07) is 7.64. The molecule has 4 fully saturated rings. The minimum absolute atomic E-state index is 0.165. The number of carbonyl (C=O) groups is 3. The molecule has 0 spiro atoms. The summed E-state index contributed by atoms with van der Waals surface area (Å²) < 4.78 is 26.5. The topological polar surface area (TPSA) is 149 Å². The zero-order valence-corrected chi connectivity index (χ0v) is 40.2. The Morgan fingerprint density at radius 3 is 2.52 bits per heavy atom. The zero-order valence-electron chi connectivity index (χ0n) is 39.4. The van der Waals surface area contributed by atoms with E-state index in [9.17, 15) is 14.4 Å². The Labute approximate surface area is 387 Å². The largest absolute Gasteiger partial charge is 0.464 e. The number of hydrazine groups is 1. The van der Waals surface area contributed by atoms with E-state index in [2.05, 4.69) is 92.2 Å². The number of nitrogens with one attached hydrogen (secondary N) is 2. The van der Waals surface area contributed by atoms with Gasteiger partial charge in [0.15, 0.2) is 0 Å². The molecule has 4 aromatic rings. The Hall–Kier alpha value is -4.25. The van der Waals surface area contributed by atoms with E-state index >= 15 is 0 Å². The van der Waals surface area contributed by atoms with E-state index < -0.39 is 29.6 Å². The molecule has 7 atom stereocenters. The van der Waals surface area contributed by atoms with Gasteiger partial charge in [0.2, 0.25) is 5.91 Å². The highest BCUT2D eigenvalue weighted by Gasteiger charge is 2.50. The molecule has 14 nitrogen and oxygen atoms in total. The first-order valence-electron chi connectivity index (χ1n) is 23.9. The number of hydrogen-bond acceptors (Lipinski definition) is 12. The van der Waals surface area contributed by atoms with E-state index in [1.54, 1.807) is 7.11 Å². The summed E-state index contributed by atoms with van der Waals surface area (Å²) >= 11 is 1.42. The van der Waals surface area contributed by atoms with Crippen molar-refractivity contribution in [2.75, 3.05) is 53.2 Å². The maximum absolute atomic E-state index is 14.6. The van der Waals surface area contributed by atoms with E-state index in [1.165, 1.54) is 21.9 Å². The number of methoxy groups -OCH3 is 1. The van der Waals surface area contributed by atoms with Crippen LogP contribution in [0.15, 0.2) is 35.8 Å². The minimum Gasteiger partial charge on any atom is -0.464 e. The second kappa shape index (κ2) is 18.8. The summed E-state index contributed by atoms with van der Waals surface area (Å²) in [6.07, 6.45) is 4.78. The van der Waals surface area contributed by atoms with Crippen molar-refractivity contribution in [2.45, 2.75) is 123 Å². The number of ether oxygens (including phenoxy) is 4. The Balaban J connectivity index is 1.17. The van der Waals surface area contributed by atoms with Gasteiger partial charge in [-0.05, 0) is 113 Å². The van der Waals surface area contributed by atoms with Gasteiger partial charge < -0.3 is 28.8 Å². The third-order valence-electron chi connectivity index (χ3n) is 15.0. The van der Waals surface area contributed by atoms with Crippen molar-refractivity contribution in [3.8, 4) is 22.5 Å². The van der Waals surface area contributed by atoms with Gasteiger partial charge in [0.05, 0.1) is 49.0 Å². The zero-order chi connectivity index (χ0) is 45.7. The quantitative estimate of drug-likeness (QED) is 0.156. The van der Waals surface area contributed by atoms with Crippen LogP contribution in [0.2, 0.25) is 0 Å². The van der Waals surface area contributed by atoms with Crippen molar-refractivity contribution in [1.29, 1.82) is 0 Å². The number of carbonyl (C=O) groups excluding carboxylic acids is 3. The van der Waals surface area contributed by atoms with Gasteiger partial charge in [-0.3, -0.25) is 29.3 Å². The smallest absolute Gasteiger partial charge is 0.324 e. The summed E-state index contributed by atoms with van der Waals surface area (Å²) in [5, 5.41) is 8.28. The molecule has 7 heterocycles. The SMILES string of the molecule is CCO[C@@H]1c2nc(cs2)-c2ccc3c(c2)c(c(-c2cc(C4CCN(C5COC5)CC4)cnc2[C@H](C)OC)n3CC)CC(C)(C)COC(=O)[C@@H]2CCCN(N2)C(=O)[C@H]1NC(=O)[C@H]1[C@H](C)[C@@H]1C.